The Kier molecular flexibility index (Phi) is 4.19. The van der Waals surface area contributed by atoms with Crippen LogP contribution in [0.5, 0.6) is 0 Å². The number of nitrogens with zero attached hydrogens (tertiary/aromatic N) is 3. The number of hydrogen-bond acceptors (Lipinski definition) is 3. The molecule has 4 nitrogen and oxygen atoms in total. The molecule has 0 N–H and O–H groups in total. The number of anilines is 1. The number of amides is 1. The molecule has 1 saturated heterocycles. The Morgan fingerprint density at radius 2 is 1.86 bits per heavy atom. The van der Waals surface area contributed by atoms with E-state index in [4.69, 9.17) is 0 Å². The van der Waals surface area contributed by atoms with Crippen LogP contribution < -0.4 is 4.90 Å². The fourth-order valence-corrected chi connectivity index (χ4v) is 2.65. The highest BCUT2D eigenvalue weighted by molar-refractivity contribution is 6.83. The zero-order valence-electron chi connectivity index (χ0n) is 13.5. The molecule has 1 fully saturated rings. The molecule has 2 heterocycles. The van der Waals surface area contributed by atoms with Gasteiger partial charge in [-0.1, -0.05) is 39.4 Å². The van der Waals surface area contributed by atoms with Gasteiger partial charge in [0.1, 0.15) is 8.07 Å². The lowest BCUT2D eigenvalue weighted by Gasteiger charge is -2.35. The zero-order valence-corrected chi connectivity index (χ0v) is 14.5. The summed E-state index contributed by atoms with van der Waals surface area (Å²) in [6.45, 7) is 11.5. The van der Waals surface area contributed by atoms with Crippen LogP contribution in [0, 0.1) is 16.9 Å². The molecule has 0 radical (unpaired) electrons. The van der Waals surface area contributed by atoms with Gasteiger partial charge in [0.2, 0.25) is 11.9 Å². The third-order valence-corrected chi connectivity index (χ3v) is 4.28. The predicted molar refractivity (Wildman–Crippen MR) is 87.6 cm³/mol. The molecular formula is C16H23N3OSi. The van der Waals surface area contributed by atoms with Crippen LogP contribution in [0.25, 0.3) is 0 Å². The highest BCUT2D eigenvalue weighted by Gasteiger charge is 2.33. The molecule has 1 amide bonds. The van der Waals surface area contributed by atoms with Gasteiger partial charge in [0.15, 0.2) is 0 Å². The lowest BCUT2D eigenvalue weighted by Crippen LogP contribution is -2.42. The van der Waals surface area contributed by atoms with Crippen molar-refractivity contribution in [1.29, 1.82) is 0 Å². The number of piperidine rings is 1. The maximum absolute atomic E-state index is 12.2. The van der Waals surface area contributed by atoms with Gasteiger partial charge in [-0.25, -0.2) is 9.97 Å². The Bertz CT molecular complexity index is 591. The summed E-state index contributed by atoms with van der Waals surface area (Å²) in [6.07, 6.45) is 4.94. The van der Waals surface area contributed by atoms with Crippen LogP contribution in [0.4, 0.5) is 5.95 Å². The Morgan fingerprint density at radius 1 is 1.24 bits per heavy atom. The molecule has 0 atom stereocenters. The van der Waals surface area contributed by atoms with Crippen LogP contribution in [0.2, 0.25) is 19.6 Å². The molecule has 0 saturated carbocycles. The quantitative estimate of drug-likeness (QED) is 0.592. The molecule has 1 aromatic rings. The van der Waals surface area contributed by atoms with Crippen molar-refractivity contribution in [1.82, 2.24) is 9.97 Å². The van der Waals surface area contributed by atoms with Gasteiger partial charge in [0, 0.05) is 25.4 Å². The standard InChI is InChI=1S/C16H23N3OSi/c1-16(2)7-8-19(14(20)10-16)15-17-11-13(12-18-15)6-9-21(3,4)5/h11-12H,7-8,10H2,1-5H3. The second-order valence-electron chi connectivity index (χ2n) is 7.41. The summed E-state index contributed by atoms with van der Waals surface area (Å²) in [4.78, 5) is 22.5. The number of carbonyl (C=O) groups excluding carboxylic acids is 1. The first kappa shape index (κ1) is 15.7. The van der Waals surface area contributed by atoms with E-state index in [9.17, 15) is 4.79 Å². The summed E-state index contributed by atoms with van der Waals surface area (Å²) in [5.74, 6) is 3.72. The molecular weight excluding hydrogens is 278 g/mol. The van der Waals surface area contributed by atoms with Crippen LogP contribution in [-0.4, -0.2) is 30.5 Å². The first-order valence-electron chi connectivity index (χ1n) is 7.32. The largest absolute Gasteiger partial charge is 0.281 e. The van der Waals surface area contributed by atoms with E-state index in [2.05, 4.69) is 54.9 Å². The summed E-state index contributed by atoms with van der Waals surface area (Å²) >= 11 is 0. The number of aromatic nitrogens is 2. The molecule has 0 aliphatic carbocycles. The average molecular weight is 301 g/mol. The van der Waals surface area contributed by atoms with Crippen LogP contribution >= 0.6 is 0 Å². The lowest BCUT2D eigenvalue weighted by atomic mass is 9.82. The van der Waals surface area contributed by atoms with Gasteiger partial charge >= 0.3 is 0 Å². The average Bonchev–Trinajstić information content (AvgIpc) is 2.35. The van der Waals surface area contributed by atoms with Gasteiger partial charge in [-0.2, -0.15) is 0 Å². The first-order chi connectivity index (χ1) is 9.66. The SMILES string of the molecule is CC1(C)CCN(c2ncc(C#C[Si](C)(C)C)cn2)C(=O)C1. The molecule has 2 rings (SSSR count). The van der Waals surface area contributed by atoms with Crippen molar-refractivity contribution in [2.75, 3.05) is 11.4 Å². The minimum atomic E-state index is -1.39. The summed E-state index contributed by atoms with van der Waals surface area (Å²) < 4.78 is 0. The summed E-state index contributed by atoms with van der Waals surface area (Å²) in [5, 5.41) is 0. The van der Waals surface area contributed by atoms with Gasteiger partial charge < -0.3 is 0 Å². The number of carbonyl (C=O) groups is 1. The van der Waals surface area contributed by atoms with Crippen molar-refractivity contribution < 1.29 is 4.79 Å². The van der Waals surface area contributed by atoms with Crippen LogP contribution in [0.1, 0.15) is 32.3 Å². The van der Waals surface area contributed by atoms with E-state index >= 15 is 0 Å². The van der Waals surface area contributed by atoms with Gasteiger partial charge in [-0.3, -0.25) is 9.69 Å². The molecule has 0 unspecified atom stereocenters. The van der Waals surface area contributed by atoms with Crippen molar-refractivity contribution in [2.24, 2.45) is 5.41 Å². The normalized spacial score (nSPS) is 18.1. The van der Waals surface area contributed by atoms with Crippen molar-refractivity contribution in [3.8, 4) is 11.5 Å². The van der Waals surface area contributed by atoms with Crippen molar-refractivity contribution in [2.45, 2.75) is 46.3 Å². The van der Waals surface area contributed by atoms with E-state index in [1.165, 1.54) is 0 Å². The Hall–Kier alpha value is -1.67. The topological polar surface area (TPSA) is 46.1 Å². The van der Waals surface area contributed by atoms with E-state index in [0.717, 1.165) is 12.0 Å². The molecule has 1 aromatic heterocycles. The van der Waals surface area contributed by atoms with Crippen molar-refractivity contribution >= 4 is 19.9 Å². The number of rotatable bonds is 1. The number of hydrogen-bond donors (Lipinski definition) is 0. The van der Waals surface area contributed by atoms with E-state index < -0.39 is 8.07 Å². The van der Waals surface area contributed by atoms with Crippen LogP contribution in [0.15, 0.2) is 12.4 Å². The zero-order chi connectivity index (χ0) is 15.7. The van der Waals surface area contributed by atoms with Gasteiger partial charge in [-0.05, 0) is 11.8 Å². The monoisotopic (exact) mass is 301 g/mol. The highest BCUT2D eigenvalue weighted by atomic mass is 28.3. The molecule has 0 aromatic carbocycles. The highest BCUT2D eigenvalue weighted by Crippen LogP contribution is 2.31. The van der Waals surface area contributed by atoms with Gasteiger partial charge in [0.25, 0.3) is 0 Å². The molecule has 1 aliphatic heterocycles. The summed E-state index contributed by atoms with van der Waals surface area (Å²) in [6, 6.07) is 0. The first-order valence-corrected chi connectivity index (χ1v) is 10.8. The maximum Gasteiger partial charge on any atom is 0.232 e. The minimum Gasteiger partial charge on any atom is -0.281 e. The third-order valence-electron chi connectivity index (χ3n) is 3.40. The molecule has 0 bridgehead atoms. The molecule has 1 aliphatic rings. The summed E-state index contributed by atoms with van der Waals surface area (Å²) in [5.41, 5.74) is 4.18. The molecule has 0 spiro atoms. The Labute approximate surface area is 128 Å². The Morgan fingerprint density at radius 3 is 2.38 bits per heavy atom. The molecule has 112 valence electrons. The predicted octanol–water partition coefficient (Wildman–Crippen LogP) is 2.86. The Balaban J connectivity index is 2.12. The van der Waals surface area contributed by atoms with E-state index in [0.29, 0.717) is 18.9 Å². The van der Waals surface area contributed by atoms with E-state index in [1.54, 1.807) is 17.3 Å². The molecule has 21 heavy (non-hydrogen) atoms. The van der Waals surface area contributed by atoms with E-state index in [-0.39, 0.29) is 11.3 Å². The minimum absolute atomic E-state index is 0.0797. The van der Waals surface area contributed by atoms with Crippen LogP contribution in [-0.2, 0) is 4.79 Å². The second-order valence-corrected chi connectivity index (χ2v) is 12.2. The van der Waals surface area contributed by atoms with E-state index in [1.807, 2.05) is 0 Å². The third kappa shape index (κ3) is 4.40. The maximum atomic E-state index is 12.2. The fraction of sp³-hybridized carbons (Fsp3) is 0.562. The smallest absolute Gasteiger partial charge is 0.232 e. The van der Waals surface area contributed by atoms with Gasteiger partial charge in [0.05, 0.1) is 5.56 Å². The van der Waals surface area contributed by atoms with Crippen molar-refractivity contribution in [3.05, 3.63) is 18.0 Å². The summed E-state index contributed by atoms with van der Waals surface area (Å²) in [7, 11) is -1.39. The second kappa shape index (κ2) is 5.61. The van der Waals surface area contributed by atoms with Gasteiger partial charge in [-0.15, -0.1) is 5.54 Å². The fourth-order valence-electron chi connectivity index (χ4n) is 2.13. The van der Waals surface area contributed by atoms with Crippen molar-refractivity contribution in [3.63, 3.8) is 0 Å². The molecule has 5 heteroatoms. The lowest BCUT2D eigenvalue weighted by molar-refractivity contribution is -0.122. The van der Waals surface area contributed by atoms with Crippen LogP contribution in [0.3, 0.4) is 0 Å².